The average Bonchev–Trinajstić information content (AvgIpc) is 2.56. The lowest BCUT2D eigenvalue weighted by Crippen LogP contribution is -2.15. The summed E-state index contributed by atoms with van der Waals surface area (Å²) in [5.41, 5.74) is 1.19. The van der Waals surface area contributed by atoms with Crippen LogP contribution in [0, 0.1) is 5.92 Å². The number of carbonyl (C=O) groups is 1. The number of hydrogen-bond donors (Lipinski definition) is 2. The summed E-state index contributed by atoms with van der Waals surface area (Å²) in [5.74, 6) is -0.766. The van der Waals surface area contributed by atoms with E-state index in [4.69, 9.17) is 16.7 Å². The van der Waals surface area contributed by atoms with Crippen LogP contribution in [0.5, 0.6) is 0 Å². The van der Waals surface area contributed by atoms with E-state index in [2.05, 4.69) is 4.72 Å². The summed E-state index contributed by atoms with van der Waals surface area (Å²) in [6.45, 7) is 1.93. The second kappa shape index (κ2) is 8.36. The second-order valence-electron chi connectivity index (χ2n) is 5.96. The second-order valence-corrected chi connectivity index (χ2v) is 8.08. The minimum Gasteiger partial charge on any atom is -0.481 e. The van der Waals surface area contributed by atoms with Gasteiger partial charge in [0.05, 0.1) is 10.6 Å². The van der Waals surface area contributed by atoms with Gasteiger partial charge in [0, 0.05) is 11.4 Å². The van der Waals surface area contributed by atoms with E-state index in [1.165, 1.54) is 12.1 Å². The smallest absolute Gasteiger partial charge is 0.303 e. The number of carboxylic acid groups (broad SMARTS) is 1. The molecule has 2 aromatic carbocycles. The molecule has 1 atom stereocenters. The van der Waals surface area contributed by atoms with Crippen molar-refractivity contribution in [1.29, 1.82) is 0 Å². The van der Waals surface area contributed by atoms with Gasteiger partial charge < -0.3 is 5.11 Å². The predicted molar refractivity (Wildman–Crippen MR) is 98.4 cm³/mol. The number of benzene rings is 2. The Morgan fingerprint density at radius 2 is 1.88 bits per heavy atom. The first-order valence-corrected chi connectivity index (χ1v) is 9.72. The monoisotopic (exact) mass is 381 g/mol. The fourth-order valence-corrected chi connectivity index (χ4v) is 3.80. The molecule has 5 nitrogen and oxygen atoms in total. The zero-order valence-electron chi connectivity index (χ0n) is 13.8. The van der Waals surface area contributed by atoms with Gasteiger partial charge in [0.2, 0.25) is 0 Å². The molecule has 0 spiro atoms. The molecule has 0 aliphatic heterocycles. The first kappa shape index (κ1) is 19.3. The first-order chi connectivity index (χ1) is 11.8. The quantitative estimate of drug-likeness (QED) is 0.718. The lowest BCUT2D eigenvalue weighted by Gasteiger charge is -2.16. The molecule has 0 amide bonds. The van der Waals surface area contributed by atoms with E-state index in [0.29, 0.717) is 23.6 Å². The first-order valence-electron chi connectivity index (χ1n) is 7.86. The van der Waals surface area contributed by atoms with Crippen molar-refractivity contribution in [2.45, 2.75) is 31.1 Å². The van der Waals surface area contributed by atoms with Gasteiger partial charge in [-0.1, -0.05) is 36.7 Å². The van der Waals surface area contributed by atoms with Gasteiger partial charge in [-0.25, -0.2) is 8.42 Å². The summed E-state index contributed by atoms with van der Waals surface area (Å²) in [6.07, 6.45) is 1.11. The van der Waals surface area contributed by atoms with Crippen LogP contribution in [0.1, 0.15) is 25.3 Å². The van der Waals surface area contributed by atoms with Gasteiger partial charge >= 0.3 is 5.97 Å². The highest BCUT2D eigenvalue weighted by molar-refractivity contribution is 7.92. The largest absolute Gasteiger partial charge is 0.481 e. The molecule has 134 valence electrons. The van der Waals surface area contributed by atoms with Crippen LogP contribution in [0.25, 0.3) is 0 Å². The van der Waals surface area contributed by atoms with Crippen molar-refractivity contribution in [3.8, 4) is 0 Å². The molecule has 0 aromatic heterocycles. The van der Waals surface area contributed by atoms with E-state index >= 15 is 0 Å². The summed E-state index contributed by atoms with van der Waals surface area (Å²) < 4.78 is 27.6. The van der Waals surface area contributed by atoms with E-state index in [9.17, 15) is 13.2 Å². The fraction of sp³-hybridized carbons (Fsp3) is 0.278. The molecule has 0 heterocycles. The van der Waals surface area contributed by atoms with Gasteiger partial charge in [-0.3, -0.25) is 9.52 Å². The minimum atomic E-state index is -3.70. The third-order valence-corrected chi connectivity index (χ3v) is 5.40. The Hall–Kier alpha value is -2.05. The van der Waals surface area contributed by atoms with Crippen LogP contribution >= 0.6 is 11.6 Å². The molecule has 0 saturated heterocycles. The van der Waals surface area contributed by atoms with Crippen LogP contribution in [0.3, 0.4) is 0 Å². The maximum atomic E-state index is 12.5. The maximum Gasteiger partial charge on any atom is 0.303 e. The van der Waals surface area contributed by atoms with Gasteiger partial charge in [0.15, 0.2) is 0 Å². The molecule has 2 aromatic rings. The van der Waals surface area contributed by atoms with E-state index in [0.717, 1.165) is 5.56 Å². The molecule has 0 bridgehead atoms. The summed E-state index contributed by atoms with van der Waals surface area (Å²) in [5, 5.41) is 9.30. The van der Waals surface area contributed by atoms with Crippen LogP contribution < -0.4 is 4.72 Å². The van der Waals surface area contributed by atoms with Crippen molar-refractivity contribution < 1.29 is 18.3 Å². The zero-order chi connectivity index (χ0) is 18.4. The molecule has 2 N–H and O–H groups in total. The van der Waals surface area contributed by atoms with Gasteiger partial charge in [0.1, 0.15) is 0 Å². The maximum absolute atomic E-state index is 12.5. The Kier molecular flexibility index (Phi) is 6.45. The van der Waals surface area contributed by atoms with Gasteiger partial charge in [0.25, 0.3) is 10.0 Å². The highest BCUT2D eigenvalue weighted by atomic mass is 35.5. The third-order valence-electron chi connectivity index (χ3n) is 3.78. The molecular formula is C18H20ClNO4S. The molecule has 0 aliphatic rings. The molecule has 0 radical (unpaired) electrons. The van der Waals surface area contributed by atoms with E-state index in [-0.39, 0.29) is 17.2 Å². The van der Waals surface area contributed by atoms with Gasteiger partial charge in [-0.05, 0) is 54.7 Å². The summed E-state index contributed by atoms with van der Waals surface area (Å²) in [7, 11) is -3.70. The Morgan fingerprint density at radius 3 is 2.52 bits per heavy atom. The molecular weight excluding hydrogens is 362 g/mol. The molecule has 0 fully saturated rings. The molecule has 1 unspecified atom stereocenters. The van der Waals surface area contributed by atoms with Crippen LogP contribution in [-0.4, -0.2) is 19.5 Å². The predicted octanol–water partition coefficient (Wildman–Crippen LogP) is 4.18. The topological polar surface area (TPSA) is 83.5 Å². The number of nitrogens with one attached hydrogen (secondary N) is 1. The van der Waals surface area contributed by atoms with E-state index < -0.39 is 16.0 Å². The van der Waals surface area contributed by atoms with Gasteiger partial charge in [-0.2, -0.15) is 0 Å². The Morgan fingerprint density at radius 1 is 1.20 bits per heavy atom. The lowest BCUT2D eigenvalue weighted by atomic mass is 9.96. The average molecular weight is 382 g/mol. The van der Waals surface area contributed by atoms with E-state index in [1.807, 2.05) is 6.92 Å². The lowest BCUT2D eigenvalue weighted by molar-refractivity contribution is -0.137. The molecule has 2 rings (SSSR count). The zero-order valence-corrected chi connectivity index (χ0v) is 15.3. The SMILES string of the molecule is CC(CCC(=O)O)Cc1cc(Cl)ccc1NS(=O)(=O)c1ccccc1. The van der Waals surface area contributed by atoms with Crippen LogP contribution in [-0.2, 0) is 21.2 Å². The summed E-state index contributed by atoms with van der Waals surface area (Å²) in [4.78, 5) is 10.9. The number of anilines is 1. The number of rotatable bonds is 8. The van der Waals surface area contributed by atoms with Crippen molar-refractivity contribution in [2.24, 2.45) is 5.92 Å². The Labute approximate surface area is 152 Å². The highest BCUT2D eigenvalue weighted by Crippen LogP contribution is 2.27. The number of carboxylic acids is 1. The van der Waals surface area contributed by atoms with Crippen LogP contribution in [0.2, 0.25) is 5.02 Å². The normalized spacial score (nSPS) is 12.6. The Bertz CT molecular complexity index is 837. The third kappa shape index (κ3) is 5.76. The highest BCUT2D eigenvalue weighted by Gasteiger charge is 2.17. The van der Waals surface area contributed by atoms with Crippen LogP contribution in [0.15, 0.2) is 53.4 Å². The standard InChI is InChI=1S/C18H20ClNO4S/c1-13(7-10-18(21)22)11-14-12-15(19)8-9-17(14)20-25(23,24)16-5-3-2-4-6-16/h2-6,8-9,12-13,20H,7,10-11H2,1H3,(H,21,22). The summed E-state index contributed by atoms with van der Waals surface area (Å²) in [6, 6.07) is 13.1. The van der Waals surface area contributed by atoms with Gasteiger partial charge in [-0.15, -0.1) is 0 Å². The molecule has 0 aliphatic carbocycles. The van der Waals surface area contributed by atoms with Crippen molar-refractivity contribution in [2.75, 3.05) is 4.72 Å². The number of hydrogen-bond acceptors (Lipinski definition) is 3. The molecule has 25 heavy (non-hydrogen) atoms. The summed E-state index contributed by atoms with van der Waals surface area (Å²) >= 11 is 6.04. The van der Waals surface area contributed by atoms with Crippen molar-refractivity contribution in [1.82, 2.24) is 0 Å². The van der Waals surface area contributed by atoms with Crippen LogP contribution in [0.4, 0.5) is 5.69 Å². The van der Waals surface area contributed by atoms with Crippen molar-refractivity contribution in [3.63, 3.8) is 0 Å². The Balaban J connectivity index is 2.22. The number of sulfonamides is 1. The number of aliphatic carboxylic acids is 1. The van der Waals surface area contributed by atoms with Crippen molar-refractivity contribution >= 4 is 33.3 Å². The number of halogens is 1. The minimum absolute atomic E-state index is 0.0762. The molecule has 0 saturated carbocycles. The fourth-order valence-electron chi connectivity index (χ4n) is 2.48. The van der Waals surface area contributed by atoms with E-state index in [1.54, 1.807) is 36.4 Å². The molecule has 7 heteroatoms. The van der Waals surface area contributed by atoms with Crippen molar-refractivity contribution in [3.05, 3.63) is 59.1 Å².